The van der Waals surface area contributed by atoms with Gasteiger partial charge in [0, 0.05) is 6.07 Å². The molecule has 1 heterocycles. The number of ether oxygens (including phenoxy) is 1. The van der Waals surface area contributed by atoms with Crippen LogP contribution in [0.2, 0.25) is 0 Å². The van der Waals surface area contributed by atoms with Crippen LogP contribution < -0.4 is 26.4 Å². The summed E-state index contributed by atoms with van der Waals surface area (Å²) in [6.45, 7) is 4.72. The quantitative estimate of drug-likeness (QED) is 0.577. The van der Waals surface area contributed by atoms with Crippen molar-refractivity contribution in [2.75, 3.05) is 6.61 Å². The molecule has 0 aromatic heterocycles. The van der Waals surface area contributed by atoms with Crippen molar-refractivity contribution < 1.29 is 31.9 Å². The van der Waals surface area contributed by atoms with E-state index in [1.54, 1.807) is 0 Å². The van der Waals surface area contributed by atoms with Gasteiger partial charge < -0.3 is 26.4 Å². The van der Waals surface area contributed by atoms with Crippen molar-refractivity contribution in [2.24, 2.45) is 5.73 Å². The molecule has 1 aromatic rings. The lowest BCUT2D eigenvalue weighted by Gasteiger charge is -2.22. The summed E-state index contributed by atoms with van der Waals surface area (Å²) in [6, 6.07) is 0.398. The maximum absolute atomic E-state index is 13.3. The third-order valence-electron chi connectivity index (χ3n) is 3.40. The highest BCUT2D eigenvalue weighted by Gasteiger charge is 2.31. The number of hydrogen-bond donors (Lipinski definition) is 4. The average molecular weight is 388 g/mol. The highest BCUT2D eigenvalue weighted by atomic mass is 19.4. The number of nitrogens with one attached hydrogen (secondary N) is 3. The summed E-state index contributed by atoms with van der Waals surface area (Å²) in [7, 11) is 0. The minimum Gasteiger partial charge on any atom is -0.491 e. The lowest BCUT2D eigenvalue weighted by molar-refractivity contribution is -0.137. The van der Waals surface area contributed by atoms with Crippen molar-refractivity contribution in [2.45, 2.75) is 19.1 Å². The molecule has 2 rings (SSSR count). The molecule has 1 aliphatic rings. The fourth-order valence-corrected chi connectivity index (χ4v) is 2.12. The van der Waals surface area contributed by atoms with Gasteiger partial charge in [-0.3, -0.25) is 4.79 Å². The first-order valence-electron chi connectivity index (χ1n) is 7.56. The zero-order valence-corrected chi connectivity index (χ0v) is 14.0. The third-order valence-corrected chi connectivity index (χ3v) is 3.40. The Morgan fingerprint density at radius 3 is 2.63 bits per heavy atom. The Morgan fingerprint density at radius 2 is 2.00 bits per heavy atom. The summed E-state index contributed by atoms with van der Waals surface area (Å²) in [5, 5.41) is 6.95. The monoisotopic (exact) mass is 388 g/mol. The van der Waals surface area contributed by atoms with Crippen LogP contribution in [0.4, 0.5) is 22.4 Å². The maximum Gasteiger partial charge on any atom is 0.416 e. The van der Waals surface area contributed by atoms with E-state index in [4.69, 9.17) is 10.5 Å². The van der Waals surface area contributed by atoms with Gasteiger partial charge in [-0.2, -0.15) is 13.2 Å². The largest absolute Gasteiger partial charge is 0.491 e. The number of carbonyl (C=O) groups is 2. The van der Waals surface area contributed by atoms with E-state index in [1.165, 1.54) is 6.92 Å². The van der Waals surface area contributed by atoms with Gasteiger partial charge in [0.15, 0.2) is 0 Å². The topological polar surface area (TPSA) is 105 Å². The van der Waals surface area contributed by atoms with Gasteiger partial charge in [-0.05, 0) is 19.1 Å². The molecule has 0 spiro atoms. The Bertz CT molecular complexity index is 820. The van der Waals surface area contributed by atoms with Crippen LogP contribution in [0.25, 0.3) is 0 Å². The van der Waals surface area contributed by atoms with E-state index in [0.717, 1.165) is 6.07 Å². The van der Waals surface area contributed by atoms with Crippen LogP contribution in [0.1, 0.15) is 12.5 Å². The number of carbonyl (C=O) groups excluding carboxylic acids is 2. The van der Waals surface area contributed by atoms with Crippen LogP contribution >= 0.6 is 0 Å². The minimum atomic E-state index is -4.72. The van der Waals surface area contributed by atoms with Gasteiger partial charge in [0.2, 0.25) is 0 Å². The van der Waals surface area contributed by atoms with Crippen molar-refractivity contribution in [3.05, 3.63) is 53.2 Å². The summed E-state index contributed by atoms with van der Waals surface area (Å²) >= 11 is 0. The van der Waals surface area contributed by atoms with E-state index < -0.39 is 35.5 Å². The first-order valence-corrected chi connectivity index (χ1v) is 7.56. The number of alkyl halides is 3. The van der Waals surface area contributed by atoms with E-state index in [1.807, 2.05) is 0 Å². The Labute approximate surface area is 151 Å². The molecule has 11 heteroatoms. The maximum atomic E-state index is 13.3. The van der Waals surface area contributed by atoms with Crippen LogP contribution in [-0.2, 0) is 11.0 Å². The second kappa shape index (κ2) is 7.56. The summed E-state index contributed by atoms with van der Waals surface area (Å²) < 4.78 is 56.5. The van der Waals surface area contributed by atoms with Crippen molar-refractivity contribution >= 4 is 11.9 Å². The zero-order chi connectivity index (χ0) is 20.4. The minimum absolute atomic E-state index is 0.0484. The fourth-order valence-electron chi connectivity index (χ4n) is 2.12. The van der Waals surface area contributed by atoms with Crippen molar-refractivity contribution in [1.82, 2.24) is 16.0 Å². The standard InChI is InChI=1S/C16H16F4N4O3/c1-7(22-14(25)13-12(21)8(2)23-15(26)24-13)6-27-11-4-9(16(18,19)20)3-10(17)5-11/h3-5,7H,2,6,21H2,1H3,(H,22,25)(H2,23,24,26)/t7-/m1/s1. The molecule has 1 aromatic carbocycles. The molecule has 27 heavy (non-hydrogen) atoms. The van der Waals surface area contributed by atoms with Crippen molar-refractivity contribution in [3.8, 4) is 5.75 Å². The Morgan fingerprint density at radius 1 is 1.33 bits per heavy atom. The molecule has 0 aliphatic carbocycles. The molecule has 5 N–H and O–H groups in total. The molecule has 1 atom stereocenters. The SMILES string of the molecule is C=C1NC(=O)NC(C(=O)N[C@H](C)COc2cc(F)cc(C(F)(F)F)c2)=C1N. The van der Waals surface area contributed by atoms with E-state index in [0.29, 0.717) is 12.1 Å². The summed E-state index contributed by atoms with van der Waals surface area (Å²) in [6.07, 6.45) is -4.72. The molecule has 3 amide bonds. The summed E-state index contributed by atoms with van der Waals surface area (Å²) in [5.74, 6) is -2.19. The second-order valence-electron chi connectivity index (χ2n) is 5.71. The van der Waals surface area contributed by atoms with Gasteiger partial charge in [0.1, 0.15) is 23.9 Å². The average Bonchev–Trinajstić information content (AvgIpc) is 2.55. The number of urea groups is 1. The second-order valence-corrected chi connectivity index (χ2v) is 5.71. The number of benzene rings is 1. The first-order chi connectivity index (χ1) is 12.5. The van der Waals surface area contributed by atoms with Crippen LogP contribution in [0.5, 0.6) is 5.75 Å². The summed E-state index contributed by atoms with van der Waals surface area (Å²) in [5.41, 5.74) is 4.23. The van der Waals surface area contributed by atoms with E-state index in [-0.39, 0.29) is 29.4 Å². The first kappa shape index (κ1) is 20.1. The van der Waals surface area contributed by atoms with Crippen LogP contribution in [0.3, 0.4) is 0 Å². The number of hydrogen-bond acceptors (Lipinski definition) is 4. The molecule has 146 valence electrons. The van der Waals surface area contributed by atoms with Gasteiger partial charge in [0.05, 0.1) is 23.0 Å². The molecule has 0 unspecified atom stereocenters. The van der Waals surface area contributed by atoms with E-state index in [2.05, 4.69) is 22.5 Å². The number of halogens is 4. The fraction of sp³-hybridized carbons (Fsp3) is 0.250. The van der Waals surface area contributed by atoms with E-state index in [9.17, 15) is 27.2 Å². The number of rotatable bonds is 5. The van der Waals surface area contributed by atoms with Crippen LogP contribution in [0, 0.1) is 5.82 Å². The van der Waals surface area contributed by atoms with Gasteiger partial charge >= 0.3 is 12.2 Å². The molecule has 7 nitrogen and oxygen atoms in total. The molecular formula is C16H16F4N4O3. The summed E-state index contributed by atoms with van der Waals surface area (Å²) in [4.78, 5) is 23.5. The molecule has 0 fully saturated rings. The predicted molar refractivity (Wildman–Crippen MR) is 86.5 cm³/mol. The highest BCUT2D eigenvalue weighted by molar-refractivity contribution is 6.00. The normalized spacial score (nSPS) is 15.7. The molecule has 0 saturated carbocycles. The van der Waals surface area contributed by atoms with Gasteiger partial charge in [-0.25, -0.2) is 9.18 Å². The molecule has 1 aliphatic heterocycles. The van der Waals surface area contributed by atoms with Crippen LogP contribution in [-0.4, -0.2) is 24.6 Å². The zero-order valence-electron chi connectivity index (χ0n) is 14.0. The lowest BCUT2D eigenvalue weighted by atomic mass is 10.2. The lowest BCUT2D eigenvalue weighted by Crippen LogP contribution is -2.49. The Balaban J connectivity index is 2.01. The Kier molecular flexibility index (Phi) is 5.62. The Hall–Kier alpha value is -3.24. The predicted octanol–water partition coefficient (Wildman–Crippen LogP) is 1.72. The van der Waals surface area contributed by atoms with Gasteiger partial charge in [0.25, 0.3) is 5.91 Å². The highest BCUT2D eigenvalue weighted by Crippen LogP contribution is 2.32. The molecular weight excluding hydrogens is 372 g/mol. The smallest absolute Gasteiger partial charge is 0.416 e. The third kappa shape index (κ3) is 5.12. The van der Waals surface area contributed by atoms with Crippen molar-refractivity contribution in [3.63, 3.8) is 0 Å². The number of amides is 3. The van der Waals surface area contributed by atoms with E-state index >= 15 is 0 Å². The van der Waals surface area contributed by atoms with Crippen molar-refractivity contribution in [1.29, 1.82) is 0 Å². The van der Waals surface area contributed by atoms with Crippen LogP contribution in [0.15, 0.2) is 41.9 Å². The molecule has 0 saturated heterocycles. The van der Waals surface area contributed by atoms with Gasteiger partial charge in [-0.15, -0.1) is 0 Å². The molecule has 0 bridgehead atoms. The van der Waals surface area contributed by atoms with Gasteiger partial charge in [-0.1, -0.05) is 6.58 Å². The number of nitrogens with two attached hydrogens (primary N) is 1. The molecule has 0 radical (unpaired) electrons.